The molecule has 2 atom stereocenters. The van der Waals surface area contributed by atoms with Crippen LogP contribution in [0, 0.1) is 0 Å². The fourth-order valence-electron chi connectivity index (χ4n) is 3.26. The van der Waals surface area contributed by atoms with E-state index in [9.17, 15) is 24.3 Å². The molecule has 0 saturated heterocycles. The topological polar surface area (TPSA) is 231 Å². The van der Waals surface area contributed by atoms with E-state index in [1.807, 2.05) is 24.3 Å². The number of aliphatic imine (C=N–C) groups is 1. The largest absolute Gasteiger partial charge is 0.480 e. The van der Waals surface area contributed by atoms with Crippen molar-refractivity contribution in [3.8, 4) is 0 Å². The molecule has 0 aliphatic rings. The number of carboxylic acid groups (broad SMARTS) is 1. The summed E-state index contributed by atoms with van der Waals surface area (Å²) in [6.07, 6.45) is 2.21. The van der Waals surface area contributed by atoms with Crippen LogP contribution in [0.2, 0.25) is 0 Å². The maximum atomic E-state index is 12.9. The molecule has 0 unspecified atom stereocenters. The Balaban J connectivity index is 2.09. The number of aromatic amines is 1. The third kappa shape index (κ3) is 8.09. The van der Waals surface area contributed by atoms with Crippen LogP contribution in [0.25, 0.3) is 10.9 Å². The summed E-state index contributed by atoms with van der Waals surface area (Å²) >= 11 is 0. The van der Waals surface area contributed by atoms with E-state index in [1.54, 1.807) is 6.20 Å². The first-order valence-corrected chi connectivity index (χ1v) is 10.6. The number of nitrogens with one attached hydrogen (secondary N) is 4. The fourth-order valence-corrected chi connectivity index (χ4v) is 3.26. The lowest BCUT2D eigenvalue weighted by molar-refractivity contribution is -0.142. The van der Waals surface area contributed by atoms with Crippen molar-refractivity contribution in [3.63, 3.8) is 0 Å². The number of carboxylic acids is 1. The highest BCUT2D eigenvalue weighted by molar-refractivity contribution is 5.92. The van der Waals surface area contributed by atoms with Crippen LogP contribution in [-0.4, -0.2) is 71.5 Å². The first-order valence-electron chi connectivity index (χ1n) is 10.6. The van der Waals surface area contributed by atoms with Gasteiger partial charge in [0.2, 0.25) is 17.7 Å². The highest BCUT2D eigenvalue weighted by atomic mass is 16.4. The highest BCUT2D eigenvalue weighted by Crippen LogP contribution is 2.19. The number of para-hydroxylation sites is 1. The van der Waals surface area contributed by atoms with Crippen molar-refractivity contribution >= 4 is 40.6 Å². The third-order valence-corrected chi connectivity index (χ3v) is 4.94. The molecule has 11 N–H and O–H groups in total. The maximum absolute atomic E-state index is 12.9. The summed E-state index contributed by atoms with van der Waals surface area (Å²) in [7, 11) is 0. The SMILES string of the molecule is NCC(=O)NCC(=O)N[C@@H](CCCN=C(N)N)C(=O)N[C@@H](Cc1c[nH]c2ccccc12)C(=O)O. The average molecular weight is 475 g/mol. The van der Waals surface area contributed by atoms with Gasteiger partial charge in [0.05, 0.1) is 13.1 Å². The van der Waals surface area contributed by atoms with Crippen LogP contribution in [-0.2, 0) is 25.6 Å². The summed E-state index contributed by atoms with van der Waals surface area (Å²) in [5, 5.41) is 17.8. The van der Waals surface area contributed by atoms with Gasteiger partial charge in [0.15, 0.2) is 5.96 Å². The molecule has 13 nitrogen and oxygen atoms in total. The van der Waals surface area contributed by atoms with Crippen LogP contribution in [0.5, 0.6) is 0 Å². The van der Waals surface area contributed by atoms with Crippen LogP contribution in [0.15, 0.2) is 35.5 Å². The molecule has 1 aromatic carbocycles. The molecule has 2 rings (SSSR count). The van der Waals surface area contributed by atoms with Crippen molar-refractivity contribution in [1.29, 1.82) is 0 Å². The molecule has 0 fully saturated rings. The number of nitrogens with two attached hydrogens (primary N) is 3. The number of rotatable bonds is 13. The second-order valence-corrected chi connectivity index (χ2v) is 7.51. The van der Waals surface area contributed by atoms with E-state index in [0.29, 0.717) is 6.42 Å². The lowest BCUT2D eigenvalue weighted by Crippen LogP contribution is -2.53. The summed E-state index contributed by atoms with van der Waals surface area (Å²) in [6, 6.07) is 5.09. The second-order valence-electron chi connectivity index (χ2n) is 7.51. The van der Waals surface area contributed by atoms with E-state index in [2.05, 4.69) is 25.9 Å². The number of aliphatic carboxylic acids is 1. The van der Waals surface area contributed by atoms with Crippen molar-refractivity contribution < 1.29 is 24.3 Å². The number of amides is 3. The summed E-state index contributed by atoms with van der Waals surface area (Å²) < 4.78 is 0. The molecule has 0 bridgehead atoms. The molecule has 0 saturated carbocycles. The number of hydrogen-bond donors (Lipinski definition) is 8. The quantitative estimate of drug-likeness (QED) is 0.0907. The Bertz CT molecular complexity index is 1050. The summed E-state index contributed by atoms with van der Waals surface area (Å²) in [6.45, 7) is -0.459. The van der Waals surface area contributed by atoms with Gasteiger partial charge >= 0.3 is 5.97 Å². The Morgan fingerprint density at radius 3 is 2.47 bits per heavy atom. The number of H-pyrrole nitrogens is 1. The summed E-state index contributed by atoms with van der Waals surface area (Å²) in [4.78, 5) is 55.2. The lowest BCUT2D eigenvalue weighted by atomic mass is 10.0. The minimum atomic E-state index is -1.24. The molecule has 0 aliphatic heterocycles. The molecule has 184 valence electrons. The van der Waals surface area contributed by atoms with Crippen LogP contribution < -0.4 is 33.2 Å². The van der Waals surface area contributed by atoms with Gasteiger partial charge in [-0.1, -0.05) is 18.2 Å². The second kappa shape index (κ2) is 12.8. The molecular formula is C21H30N8O5. The van der Waals surface area contributed by atoms with Gasteiger partial charge in [0, 0.05) is 30.1 Å². The van der Waals surface area contributed by atoms with Crippen molar-refractivity contribution in [2.24, 2.45) is 22.2 Å². The van der Waals surface area contributed by atoms with Gasteiger partial charge in [-0.15, -0.1) is 0 Å². The minimum absolute atomic E-state index is 0.0340. The number of fused-ring (bicyclic) bond motifs is 1. The summed E-state index contributed by atoms with van der Waals surface area (Å²) in [5.74, 6) is -3.19. The van der Waals surface area contributed by atoms with E-state index in [1.165, 1.54) is 0 Å². The van der Waals surface area contributed by atoms with Gasteiger partial charge < -0.3 is 43.2 Å². The molecule has 13 heteroatoms. The number of benzene rings is 1. The minimum Gasteiger partial charge on any atom is -0.480 e. The number of hydrogen-bond acceptors (Lipinski definition) is 6. The first-order chi connectivity index (χ1) is 16.2. The van der Waals surface area contributed by atoms with E-state index >= 15 is 0 Å². The maximum Gasteiger partial charge on any atom is 0.326 e. The number of nitrogens with zero attached hydrogens (tertiary/aromatic N) is 1. The molecule has 34 heavy (non-hydrogen) atoms. The zero-order chi connectivity index (χ0) is 25.1. The average Bonchev–Trinajstić information content (AvgIpc) is 3.21. The van der Waals surface area contributed by atoms with Gasteiger partial charge in [-0.05, 0) is 24.5 Å². The monoisotopic (exact) mass is 474 g/mol. The third-order valence-electron chi connectivity index (χ3n) is 4.94. The Morgan fingerprint density at radius 1 is 1.06 bits per heavy atom. The smallest absolute Gasteiger partial charge is 0.326 e. The van der Waals surface area contributed by atoms with E-state index in [4.69, 9.17) is 17.2 Å². The number of carbonyl (C=O) groups excluding carboxylic acids is 3. The van der Waals surface area contributed by atoms with E-state index < -0.39 is 35.8 Å². The van der Waals surface area contributed by atoms with Gasteiger partial charge in [-0.2, -0.15) is 0 Å². The Morgan fingerprint density at radius 2 is 1.79 bits per heavy atom. The normalized spacial score (nSPS) is 12.4. The zero-order valence-electron chi connectivity index (χ0n) is 18.5. The van der Waals surface area contributed by atoms with Crippen molar-refractivity contribution in [2.75, 3.05) is 19.6 Å². The van der Waals surface area contributed by atoms with Gasteiger partial charge in [-0.3, -0.25) is 19.4 Å². The molecular weight excluding hydrogens is 444 g/mol. The molecule has 0 aliphatic carbocycles. The Kier molecular flexibility index (Phi) is 9.83. The summed E-state index contributed by atoms with van der Waals surface area (Å²) in [5.41, 5.74) is 17.3. The highest BCUT2D eigenvalue weighted by Gasteiger charge is 2.27. The lowest BCUT2D eigenvalue weighted by Gasteiger charge is -2.21. The van der Waals surface area contributed by atoms with Crippen molar-refractivity contribution in [2.45, 2.75) is 31.3 Å². The van der Waals surface area contributed by atoms with Crippen LogP contribution in [0.1, 0.15) is 18.4 Å². The zero-order valence-corrected chi connectivity index (χ0v) is 18.5. The molecule has 0 spiro atoms. The van der Waals surface area contributed by atoms with Gasteiger partial charge in [0.1, 0.15) is 12.1 Å². The van der Waals surface area contributed by atoms with Crippen LogP contribution >= 0.6 is 0 Å². The first kappa shape index (κ1) is 26.1. The fraction of sp³-hybridized carbons (Fsp3) is 0.381. The Hall–Kier alpha value is -4.13. The number of guanidine groups is 1. The Labute approximate surface area is 195 Å². The van der Waals surface area contributed by atoms with E-state index in [-0.39, 0.29) is 38.4 Å². The predicted octanol–water partition coefficient (Wildman–Crippen LogP) is -2.11. The molecule has 2 aromatic rings. The van der Waals surface area contributed by atoms with Gasteiger partial charge in [-0.25, -0.2) is 4.79 Å². The molecule has 1 heterocycles. The van der Waals surface area contributed by atoms with E-state index in [0.717, 1.165) is 16.5 Å². The number of carbonyl (C=O) groups is 4. The van der Waals surface area contributed by atoms with Crippen LogP contribution in [0.3, 0.4) is 0 Å². The molecule has 0 radical (unpaired) electrons. The number of aromatic nitrogens is 1. The molecule has 3 amide bonds. The predicted molar refractivity (Wildman–Crippen MR) is 125 cm³/mol. The van der Waals surface area contributed by atoms with Crippen molar-refractivity contribution in [3.05, 3.63) is 36.0 Å². The van der Waals surface area contributed by atoms with Crippen LogP contribution in [0.4, 0.5) is 0 Å². The molecule has 1 aromatic heterocycles. The standard InChI is InChI=1S/C21H30N8O5/c22-9-17(30)27-11-18(31)28-15(6-3-7-25-21(23)24)19(32)29-16(20(33)34)8-12-10-26-14-5-2-1-4-13(12)14/h1-2,4-5,10,15-16,26H,3,6-9,11,22H2,(H,27,30)(H,28,31)(H,29,32)(H,33,34)(H4,23,24,25)/t15-,16-/m0/s1. The van der Waals surface area contributed by atoms with Crippen molar-refractivity contribution in [1.82, 2.24) is 20.9 Å². The van der Waals surface area contributed by atoms with Gasteiger partial charge in [0.25, 0.3) is 0 Å².